The van der Waals surface area contributed by atoms with Crippen molar-refractivity contribution in [1.29, 1.82) is 0 Å². The minimum atomic E-state index is -0.268. The first-order valence-electron chi connectivity index (χ1n) is 5.89. The summed E-state index contributed by atoms with van der Waals surface area (Å²) in [4.78, 5) is 12.0. The maximum atomic E-state index is 12.0. The van der Waals surface area contributed by atoms with E-state index < -0.39 is 0 Å². The lowest BCUT2D eigenvalue weighted by Gasteiger charge is -2.15. The van der Waals surface area contributed by atoms with Crippen LogP contribution in [0.5, 0.6) is 5.75 Å². The van der Waals surface area contributed by atoms with Gasteiger partial charge in [-0.05, 0) is 42.9 Å². The van der Waals surface area contributed by atoms with E-state index in [9.17, 15) is 9.90 Å². The van der Waals surface area contributed by atoms with Crippen LogP contribution >= 0.6 is 27.5 Å². The molecule has 1 saturated carbocycles. The molecule has 0 heterocycles. The fraction of sp³-hybridized carbons (Fsp3) is 0.462. The maximum Gasteiger partial charge on any atom is 0.255 e. The summed E-state index contributed by atoms with van der Waals surface area (Å²) in [6, 6.07) is 4.47. The van der Waals surface area contributed by atoms with Crippen molar-refractivity contribution in [2.75, 3.05) is 11.9 Å². The molecule has 98 valence electrons. The number of amides is 1. The molecule has 0 saturated heterocycles. The number of aromatic hydroxyl groups is 1. The van der Waals surface area contributed by atoms with E-state index in [0.717, 1.165) is 24.6 Å². The number of alkyl halides is 1. The summed E-state index contributed by atoms with van der Waals surface area (Å²) in [6.45, 7) is 0.656. The highest BCUT2D eigenvalue weighted by molar-refractivity contribution is 9.09. The third kappa shape index (κ3) is 3.18. The monoisotopic (exact) mass is 331 g/mol. The number of nitrogens with one attached hydrogen (secondary N) is 1. The Bertz CT molecular complexity index is 460. The molecular formula is C13H15BrClNO2. The number of hydrogen-bond acceptors (Lipinski definition) is 2. The van der Waals surface area contributed by atoms with Gasteiger partial charge < -0.3 is 10.4 Å². The Balaban J connectivity index is 1.98. The molecule has 1 aliphatic carbocycles. The Labute approximate surface area is 120 Å². The quantitative estimate of drug-likeness (QED) is 0.813. The van der Waals surface area contributed by atoms with Crippen molar-refractivity contribution >= 4 is 33.4 Å². The maximum absolute atomic E-state index is 12.0. The van der Waals surface area contributed by atoms with Crippen molar-refractivity contribution in [1.82, 2.24) is 5.32 Å². The second kappa shape index (κ2) is 5.49. The van der Waals surface area contributed by atoms with Crippen LogP contribution in [0.25, 0.3) is 0 Å². The van der Waals surface area contributed by atoms with E-state index in [1.165, 1.54) is 12.1 Å². The Morgan fingerprint density at radius 2 is 2.22 bits per heavy atom. The highest BCUT2D eigenvalue weighted by atomic mass is 79.9. The largest absolute Gasteiger partial charge is 0.507 e. The standard InChI is InChI=1S/C13H15BrClNO2/c14-6-5-13(3-4-13)8-16-12(18)10-7-9(15)1-2-11(10)17/h1-2,7,17H,3-6,8H2,(H,16,18). The highest BCUT2D eigenvalue weighted by Crippen LogP contribution is 2.48. The lowest BCUT2D eigenvalue weighted by Crippen LogP contribution is -2.30. The number of benzene rings is 1. The Kier molecular flexibility index (Phi) is 4.17. The molecule has 1 aromatic rings. The van der Waals surface area contributed by atoms with Crippen LogP contribution in [-0.4, -0.2) is 22.9 Å². The van der Waals surface area contributed by atoms with E-state index in [-0.39, 0.29) is 22.6 Å². The molecule has 3 nitrogen and oxygen atoms in total. The smallest absolute Gasteiger partial charge is 0.255 e. The molecule has 18 heavy (non-hydrogen) atoms. The van der Waals surface area contributed by atoms with Gasteiger partial charge in [0.1, 0.15) is 5.75 Å². The second-order valence-corrected chi connectivity index (χ2v) is 6.01. The van der Waals surface area contributed by atoms with Gasteiger partial charge in [-0.25, -0.2) is 0 Å². The molecule has 0 bridgehead atoms. The van der Waals surface area contributed by atoms with E-state index >= 15 is 0 Å². The molecule has 1 amide bonds. The van der Waals surface area contributed by atoms with E-state index in [4.69, 9.17) is 11.6 Å². The minimum Gasteiger partial charge on any atom is -0.507 e. The Morgan fingerprint density at radius 3 is 2.83 bits per heavy atom. The van der Waals surface area contributed by atoms with Gasteiger partial charge in [0.05, 0.1) is 5.56 Å². The van der Waals surface area contributed by atoms with Crippen molar-refractivity contribution in [3.63, 3.8) is 0 Å². The van der Waals surface area contributed by atoms with Gasteiger partial charge in [0.25, 0.3) is 5.91 Å². The van der Waals surface area contributed by atoms with Crippen LogP contribution in [0.2, 0.25) is 5.02 Å². The van der Waals surface area contributed by atoms with Gasteiger partial charge in [0.15, 0.2) is 0 Å². The van der Waals surface area contributed by atoms with Gasteiger partial charge in [-0.3, -0.25) is 4.79 Å². The van der Waals surface area contributed by atoms with Crippen LogP contribution in [0.4, 0.5) is 0 Å². The van der Waals surface area contributed by atoms with Crippen LogP contribution in [-0.2, 0) is 0 Å². The summed E-state index contributed by atoms with van der Waals surface area (Å²) in [5.74, 6) is -0.307. The lowest BCUT2D eigenvalue weighted by atomic mass is 10.0. The zero-order valence-corrected chi connectivity index (χ0v) is 12.2. The first kappa shape index (κ1) is 13.7. The molecule has 0 aliphatic heterocycles. The topological polar surface area (TPSA) is 49.3 Å². The number of rotatable bonds is 5. The van der Waals surface area contributed by atoms with E-state index in [1.807, 2.05) is 0 Å². The van der Waals surface area contributed by atoms with E-state index in [1.54, 1.807) is 6.07 Å². The summed E-state index contributed by atoms with van der Waals surface area (Å²) in [7, 11) is 0. The van der Waals surface area contributed by atoms with Gasteiger partial charge >= 0.3 is 0 Å². The summed E-state index contributed by atoms with van der Waals surface area (Å²) in [5.41, 5.74) is 0.491. The fourth-order valence-electron chi connectivity index (χ4n) is 1.95. The van der Waals surface area contributed by atoms with E-state index in [2.05, 4.69) is 21.2 Å². The third-order valence-electron chi connectivity index (χ3n) is 3.41. The number of phenols is 1. The minimum absolute atomic E-state index is 0.0396. The summed E-state index contributed by atoms with van der Waals surface area (Å²) in [5, 5.41) is 13.9. The van der Waals surface area contributed by atoms with Gasteiger partial charge in [-0.15, -0.1) is 0 Å². The van der Waals surface area contributed by atoms with Crippen molar-refractivity contribution in [3.05, 3.63) is 28.8 Å². The van der Waals surface area contributed by atoms with Gasteiger partial charge in [0, 0.05) is 16.9 Å². The zero-order valence-electron chi connectivity index (χ0n) is 9.88. The van der Waals surface area contributed by atoms with Crippen LogP contribution in [0, 0.1) is 5.41 Å². The predicted octanol–water partition coefficient (Wildman–Crippen LogP) is 3.34. The molecule has 0 unspecified atom stereocenters. The lowest BCUT2D eigenvalue weighted by molar-refractivity contribution is 0.0942. The van der Waals surface area contributed by atoms with Gasteiger partial charge in [0.2, 0.25) is 0 Å². The SMILES string of the molecule is O=C(NCC1(CCBr)CC1)c1cc(Cl)ccc1O. The van der Waals surface area contributed by atoms with Crippen molar-refractivity contribution in [2.24, 2.45) is 5.41 Å². The average molecular weight is 333 g/mol. The predicted molar refractivity (Wildman–Crippen MR) is 75.5 cm³/mol. The molecule has 5 heteroatoms. The number of halogens is 2. The first-order valence-corrected chi connectivity index (χ1v) is 7.39. The molecule has 1 fully saturated rings. The van der Waals surface area contributed by atoms with Crippen LogP contribution in [0.1, 0.15) is 29.6 Å². The summed E-state index contributed by atoms with van der Waals surface area (Å²) >= 11 is 9.24. The molecule has 0 spiro atoms. The van der Waals surface area contributed by atoms with Gasteiger partial charge in [-0.2, -0.15) is 0 Å². The summed E-state index contributed by atoms with van der Waals surface area (Å²) < 4.78 is 0. The molecule has 0 aromatic heterocycles. The molecule has 1 aliphatic rings. The number of hydrogen-bond donors (Lipinski definition) is 2. The Morgan fingerprint density at radius 1 is 1.50 bits per heavy atom. The van der Waals surface area contributed by atoms with E-state index in [0.29, 0.717) is 11.6 Å². The number of phenolic OH excluding ortho intramolecular Hbond substituents is 1. The molecular weight excluding hydrogens is 318 g/mol. The molecule has 2 N–H and O–H groups in total. The van der Waals surface area contributed by atoms with Crippen LogP contribution in [0.3, 0.4) is 0 Å². The van der Waals surface area contributed by atoms with Crippen molar-refractivity contribution in [3.8, 4) is 5.75 Å². The normalized spacial score (nSPS) is 16.3. The van der Waals surface area contributed by atoms with Crippen LogP contribution in [0.15, 0.2) is 18.2 Å². The van der Waals surface area contributed by atoms with Crippen molar-refractivity contribution in [2.45, 2.75) is 19.3 Å². The van der Waals surface area contributed by atoms with Crippen molar-refractivity contribution < 1.29 is 9.90 Å². The third-order valence-corrected chi connectivity index (χ3v) is 4.04. The highest BCUT2D eigenvalue weighted by Gasteiger charge is 2.41. The zero-order chi connectivity index (χ0) is 13.2. The molecule has 1 aromatic carbocycles. The second-order valence-electron chi connectivity index (χ2n) is 4.78. The number of carbonyl (C=O) groups excluding carboxylic acids is 1. The summed E-state index contributed by atoms with van der Waals surface area (Å²) in [6.07, 6.45) is 3.37. The first-order chi connectivity index (χ1) is 8.56. The molecule has 0 radical (unpaired) electrons. The average Bonchev–Trinajstić information content (AvgIpc) is 3.10. The Hall–Kier alpha value is -0.740. The van der Waals surface area contributed by atoms with Gasteiger partial charge in [-0.1, -0.05) is 27.5 Å². The number of carbonyl (C=O) groups is 1. The molecule has 2 rings (SSSR count). The fourth-order valence-corrected chi connectivity index (χ4v) is 2.96. The van der Waals surface area contributed by atoms with Crippen LogP contribution < -0.4 is 5.32 Å². The molecule has 0 atom stereocenters.